The first-order valence-corrected chi connectivity index (χ1v) is 4.94. The number of nitrogens with two attached hydrogens (primary N) is 1. The number of nitro groups is 1. The van der Waals surface area contributed by atoms with Crippen LogP contribution < -0.4 is 5.73 Å². The molecule has 1 rings (SSSR count). The molecule has 0 aliphatic carbocycles. The van der Waals surface area contributed by atoms with Crippen molar-refractivity contribution in [2.75, 3.05) is 5.73 Å². The summed E-state index contributed by atoms with van der Waals surface area (Å²) in [6, 6.07) is 1.25. The Morgan fingerprint density at radius 2 is 2.36 bits per heavy atom. The predicted octanol–water partition coefficient (Wildman–Crippen LogP) is 2.22. The topological polar surface area (TPSA) is 86.2 Å². The van der Waals surface area contributed by atoms with Gasteiger partial charge >= 0.3 is 5.00 Å². The number of nitrogen functional groups attached to an aromatic ring is 1. The predicted molar refractivity (Wildman–Crippen MR) is 54.6 cm³/mol. The number of Topliss-reactive ketones (excluding diaryl/α,β-unsaturated/α-hetero) is 1. The van der Waals surface area contributed by atoms with Crippen LogP contribution in [-0.4, -0.2) is 10.7 Å². The molecule has 0 saturated carbocycles. The maximum absolute atomic E-state index is 11.4. The zero-order valence-corrected chi connectivity index (χ0v) is 8.47. The number of carbonyl (C=O) groups is 1. The monoisotopic (exact) mass is 214 g/mol. The van der Waals surface area contributed by atoms with Gasteiger partial charge in [0, 0.05) is 12.5 Å². The Balaban J connectivity index is 2.98. The van der Waals surface area contributed by atoms with E-state index in [1.165, 1.54) is 6.07 Å². The van der Waals surface area contributed by atoms with Gasteiger partial charge in [0.1, 0.15) is 5.00 Å². The van der Waals surface area contributed by atoms with Crippen molar-refractivity contribution in [2.24, 2.45) is 0 Å². The largest absolute Gasteiger partial charge is 0.390 e. The van der Waals surface area contributed by atoms with Crippen molar-refractivity contribution in [1.82, 2.24) is 0 Å². The van der Waals surface area contributed by atoms with Gasteiger partial charge in [0.25, 0.3) is 0 Å². The molecular formula is C8H10N2O3S. The minimum atomic E-state index is -0.538. The van der Waals surface area contributed by atoms with Crippen LogP contribution in [0.1, 0.15) is 30.1 Å². The molecule has 0 saturated heterocycles. The Bertz CT molecular complexity index is 373. The maximum atomic E-state index is 11.4. The third kappa shape index (κ3) is 2.08. The first kappa shape index (κ1) is 10.6. The smallest absolute Gasteiger partial charge is 0.326 e. The second-order valence-electron chi connectivity index (χ2n) is 2.79. The van der Waals surface area contributed by atoms with Crippen molar-refractivity contribution >= 4 is 27.1 Å². The molecule has 0 aromatic carbocycles. The lowest BCUT2D eigenvalue weighted by Gasteiger charge is -1.94. The van der Waals surface area contributed by atoms with Gasteiger partial charge in [0.15, 0.2) is 5.78 Å². The zero-order chi connectivity index (χ0) is 10.7. The molecule has 0 amide bonds. The Kier molecular flexibility index (Phi) is 3.19. The second-order valence-corrected chi connectivity index (χ2v) is 3.86. The number of rotatable bonds is 4. The van der Waals surface area contributed by atoms with Crippen molar-refractivity contribution in [1.29, 1.82) is 0 Å². The van der Waals surface area contributed by atoms with E-state index in [0.717, 1.165) is 11.3 Å². The second kappa shape index (κ2) is 4.19. The summed E-state index contributed by atoms with van der Waals surface area (Å²) in [6.07, 6.45) is 1.08. The number of hydrogen-bond acceptors (Lipinski definition) is 5. The molecule has 6 heteroatoms. The van der Waals surface area contributed by atoms with Crippen molar-refractivity contribution in [3.63, 3.8) is 0 Å². The molecular weight excluding hydrogens is 204 g/mol. The van der Waals surface area contributed by atoms with Crippen LogP contribution in [0.5, 0.6) is 0 Å². The van der Waals surface area contributed by atoms with Crippen LogP contribution in [0.15, 0.2) is 6.07 Å². The van der Waals surface area contributed by atoms with Crippen LogP contribution in [0.4, 0.5) is 10.0 Å². The van der Waals surface area contributed by atoms with E-state index in [0.29, 0.717) is 12.8 Å². The lowest BCUT2D eigenvalue weighted by Crippen LogP contribution is -1.99. The van der Waals surface area contributed by atoms with Crippen molar-refractivity contribution in [3.8, 4) is 0 Å². The number of hydrogen-bond donors (Lipinski definition) is 1. The number of thiophene rings is 1. The van der Waals surface area contributed by atoms with Crippen molar-refractivity contribution in [3.05, 3.63) is 21.7 Å². The quantitative estimate of drug-likeness (QED) is 0.473. The fourth-order valence-corrected chi connectivity index (χ4v) is 1.82. The third-order valence-electron chi connectivity index (χ3n) is 1.71. The van der Waals surface area contributed by atoms with Gasteiger partial charge in [0.2, 0.25) is 0 Å². The molecule has 0 fully saturated rings. The fraction of sp³-hybridized carbons (Fsp3) is 0.375. The van der Waals surface area contributed by atoms with Gasteiger partial charge in [-0.1, -0.05) is 6.92 Å². The van der Waals surface area contributed by atoms with E-state index >= 15 is 0 Å². The SMILES string of the molecule is CCCC(=O)c1cc([N+](=O)[O-])sc1N. The normalized spacial score (nSPS) is 10.1. The summed E-state index contributed by atoms with van der Waals surface area (Å²) < 4.78 is 0. The molecule has 1 aromatic rings. The first-order chi connectivity index (χ1) is 6.56. The fourth-order valence-electron chi connectivity index (χ4n) is 1.06. The average molecular weight is 214 g/mol. The van der Waals surface area contributed by atoms with E-state index in [-0.39, 0.29) is 21.3 Å². The lowest BCUT2D eigenvalue weighted by atomic mass is 10.1. The van der Waals surface area contributed by atoms with Crippen LogP contribution in [0.25, 0.3) is 0 Å². The van der Waals surface area contributed by atoms with Crippen LogP contribution in [0.3, 0.4) is 0 Å². The molecule has 0 radical (unpaired) electrons. The molecule has 5 nitrogen and oxygen atoms in total. The van der Waals surface area contributed by atoms with Crippen LogP contribution in [0.2, 0.25) is 0 Å². The van der Waals surface area contributed by atoms with Crippen molar-refractivity contribution < 1.29 is 9.72 Å². The van der Waals surface area contributed by atoms with Crippen LogP contribution >= 0.6 is 11.3 Å². The van der Waals surface area contributed by atoms with Gasteiger partial charge < -0.3 is 5.73 Å². The van der Waals surface area contributed by atoms with E-state index < -0.39 is 4.92 Å². The summed E-state index contributed by atoms with van der Waals surface area (Å²) in [5, 5.41) is 10.5. The summed E-state index contributed by atoms with van der Waals surface area (Å²) in [5.41, 5.74) is 5.78. The molecule has 14 heavy (non-hydrogen) atoms. The minimum absolute atomic E-state index is 0.0815. The molecule has 0 aliphatic heterocycles. The summed E-state index contributed by atoms with van der Waals surface area (Å²) >= 11 is 0.835. The van der Waals surface area contributed by atoms with Crippen LogP contribution in [0, 0.1) is 10.1 Å². The molecule has 0 unspecified atom stereocenters. The highest BCUT2D eigenvalue weighted by atomic mass is 32.1. The summed E-state index contributed by atoms with van der Waals surface area (Å²) in [6.45, 7) is 1.87. The Morgan fingerprint density at radius 1 is 1.71 bits per heavy atom. The summed E-state index contributed by atoms with van der Waals surface area (Å²) in [7, 11) is 0. The Labute approximate surface area is 84.7 Å². The highest BCUT2D eigenvalue weighted by Gasteiger charge is 2.18. The molecule has 2 N–H and O–H groups in total. The lowest BCUT2D eigenvalue weighted by molar-refractivity contribution is -0.380. The molecule has 0 atom stereocenters. The highest BCUT2D eigenvalue weighted by Crippen LogP contribution is 2.31. The molecule has 1 aromatic heterocycles. The van der Waals surface area contributed by atoms with Gasteiger partial charge in [-0.05, 0) is 17.8 Å². The third-order valence-corrected chi connectivity index (χ3v) is 2.62. The molecule has 1 heterocycles. The summed E-state index contributed by atoms with van der Waals surface area (Å²) in [4.78, 5) is 21.3. The highest BCUT2D eigenvalue weighted by molar-refractivity contribution is 7.19. The number of nitrogens with zero attached hydrogens (tertiary/aromatic N) is 1. The van der Waals surface area contributed by atoms with Crippen molar-refractivity contribution in [2.45, 2.75) is 19.8 Å². The summed E-state index contributed by atoms with van der Waals surface area (Å²) in [5.74, 6) is -0.130. The van der Waals surface area contributed by atoms with E-state index in [1.807, 2.05) is 6.92 Å². The van der Waals surface area contributed by atoms with E-state index in [4.69, 9.17) is 5.73 Å². The molecule has 76 valence electrons. The Morgan fingerprint density at radius 3 is 2.79 bits per heavy atom. The van der Waals surface area contributed by atoms with Gasteiger partial charge in [0.05, 0.1) is 10.5 Å². The van der Waals surface area contributed by atoms with Gasteiger partial charge in [-0.2, -0.15) is 0 Å². The molecule has 0 spiro atoms. The minimum Gasteiger partial charge on any atom is -0.390 e. The molecule has 0 bridgehead atoms. The van der Waals surface area contributed by atoms with E-state index in [1.54, 1.807) is 0 Å². The van der Waals surface area contributed by atoms with Gasteiger partial charge in [-0.25, -0.2) is 0 Å². The van der Waals surface area contributed by atoms with E-state index in [2.05, 4.69) is 0 Å². The Hall–Kier alpha value is -1.43. The number of carbonyl (C=O) groups excluding carboxylic acids is 1. The molecule has 0 aliphatic rings. The average Bonchev–Trinajstić information content (AvgIpc) is 2.48. The van der Waals surface area contributed by atoms with Gasteiger partial charge in [-0.3, -0.25) is 14.9 Å². The standard InChI is InChI=1S/C8H10N2O3S/c1-2-3-6(11)5-4-7(10(12)13)14-8(5)9/h4H,2-3,9H2,1H3. The maximum Gasteiger partial charge on any atom is 0.326 e. The first-order valence-electron chi connectivity index (χ1n) is 4.13. The van der Waals surface area contributed by atoms with E-state index in [9.17, 15) is 14.9 Å². The number of ketones is 1. The zero-order valence-electron chi connectivity index (χ0n) is 7.65. The van der Waals surface area contributed by atoms with Gasteiger partial charge in [-0.15, -0.1) is 0 Å². The van der Waals surface area contributed by atoms with Crippen LogP contribution in [-0.2, 0) is 0 Å². The number of anilines is 1.